The molecule has 0 aliphatic rings. The van der Waals surface area contributed by atoms with Gasteiger partial charge in [-0.3, -0.25) is 4.99 Å². The van der Waals surface area contributed by atoms with E-state index in [0.29, 0.717) is 16.8 Å². The minimum Gasteiger partial charge on any atom is -0.255 e. The van der Waals surface area contributed by atoms with E-state index in [4.69, 9.17) is 10.5 Å². The zero-order valence-corrected chi connectivity index (χ0v) is 9.54. The largest absolute Gasteiger partial charge is 0.255 e. The molecule has 0 aromatic heterocycles. The maximum absolute atomic E-state index is 9.05. The molecule has 0 atom stereocenters. The van der Waals surface area contributed by atoms with Gasteiger partial charge in [0, 0.05) is 6.21 Å². The monoisotopic (exact) mass is 231 g/mol. The van der Waals surface area contributed by atoms with Crippen LogP contribution in [0.15, 0.2) is 53.5 Å². The molecule has 0 fully saturated rings. The van der Waals surface area contributed by atoms with E-state index >= 15 is 0 Å². The Morgan fingerprint density at radius 3 is 2.33 bits per heavy atom. The first-order valence-electron chi connectivity index (χ1n) is 5.37. The molecular formula is C15H9N3. The minimum absolute atomic E-state index is 0.312. The second kappa shape index (κ2) is 5.43. The number of aliphatic imine (C=N–C) groups is 1. The topological polar surface area (TPSA) is 59.9 Å². The van der Waals surface area contributed by atoms with Gasteiger partial charge in [-0.05, 0) is 17.7 Å². The lowest BCUT2D eigenvalue weighted by molar-refractivity contribution is 1.40. The maximum atomic E-state index is 9.05. The number of rotatable bonds is 2. The summed E-state index contributed by atoms with van der Waals surface area (Å²) in [6, 6.07) is 18.7. The Bertz CT molecular complexity index is 658. The van der Waals surface area contributed by atoms with Crippen molar-refractivity contribution in [1.82, 2.24) is 0 Å². The van der Waals surface area contributed by atoms with Crippen molar-refractivity contribution in [2.75, 3.05) is 0 Å². The molecule has 0 spiro atoms. The van der Waals surface area contributed by atoms with Crippen molar-refractivity contribution in [2.45, 2.75) is 0 Å². The highest BCUT2D eigenvalue weighted by Crippen LogP contribution is 2.21. The van der Waals surface area contributed by atoms with E-state index in [-0.39, 0.29) is 0 Å². The average molecular weight is 231 g/mol. The molecule has 2 rings (SSSR count). The molecule has 2 aromatic carbocycles. The molecule has 84 valence electrons. The van der Waals surface area contributed by atoms with Gasteiger partial charge >= 0.3 is 0 Å². The van der Waals surface area contributed by atoms with E-state index in [1.54, 1.807) is 24.4 Å². The molecule has 3 nitrogen and oxygen atoms in total. The molecule has 18 heavy (non-hydrogen) atoms. The van der Waals surface area contributed by atoms with Crippen LogP contribution in [0.1, 0.15) is 16.7 Å². The Morgan fingerprint density at radius 2 is 1.67 bits per heavy atom. The highest BCUT2D eigenvalue weighted by atomic mass is 14.7. The van der Waals surface area contributed by atoms with E-state index in [9.17, 15) is 0 Å². The first-order valence-corrected chi connectivity index (χ1v) is 5.37. The van der Waals surface area contributed by atoms with Gasteiger partial charge in [-0.2, -0.15) is 10.5 Å². The van der Waals surface area contributed by atoms with Gasteiger partial charge in [-0.25, -0.2) is 0 Å². The van der Waals surface area contributed by atoms with Crippen LogP contribution in [0.25, 0.3) is 0 Å². The number of nitriles is 2. The standard InChI is InChI=1S/C15H9N3/c16-9-13-7-4-8-15(14(13)10-17)18-11-12-5-2-1-3-6-12/h1-8,11H. The smallest absolute Gasteiger partial charge is 0.103 e. The van der Waals surface area contributed by atoms with E-state index in [1.807, 2.05) is 42.5 Å². The normalized spacial score (nSPS) is 9.89. The molecule has 3 heteroatoms. The van der Waals surface area contributed by atoms with Crippen LogP contribution in [0.3, 0.4) is 0 Å². The van der Waals surface area contributed by atoms with Crippen LogP contribution in [0, 0.1) is 22.7 Å². The predicted molar refractivity (Wildman–Crippen MR) is 69.6 cm³/mol. The molecule has 2 aromatic rings. The van der Waals surface area contributed by atoms with Crippen molar-refractivity contribution < 1.29 is 0 Å². The van der Waals surface area contributed by atoms with Crippen molar-refractivity contribution in [3.8, 4) is 12.1 Å². The summed E-state index contributed by atoms with van der Waals surface area (Å²) in [5.74, 6) is 0. The van der Waals surface area contributed by atoms with Gasteiger partial charge in [-0.15, -0.1) is 0 Å². The molecule has 0 aliphatic carbocycles. The first kappa shape index (κ1) is 11.6. The number of nitrogens with zero attached hydrogens (tertiary/aromatic N) is 3. The Morgan fingerprint density at radius 1 is 0.889 bits per heavy atom. The van der Waals surface area contributed by atoms with Crippen LogP contribution in [-0.2, 0) is 0 Å². The molecule has 0 unspecified atom stereocenters. The SMILES string of the molecule is N#Cc1cccc(N=Cc2ccccc2)c1C#N. The Balaban J connectivity index is 2.40. The summed E-state index contributed by atoms with van der Waals surface area (Å²) >= 11 is 0. The molecule has 0 saturated carbocycles. The van der Waals surface area contributed by atoms with E-state index < -0.39 is 0 Å². The summed E-state index contributed by atoms with van der Waals surface area (Å²) in [6.07, 6.45) is 1.68. The quantitative estimate of drug-likeness (QED) is 0.745. The molecule has 0 heterocycles. The summed E-state index contributed by atoms with van der Waals surface area (Å²) in [5, 5.41) is 18.0. The fourth-order valence-corrected chi connectivity index (χ4v) is 1.54. The summed E-state index contributed by atoms with van der Waals surface area (Å²) < 4.78 is 0. The molecular weight excluding hydrogens is 222 g/mol. The van der Waals surface area contributed by atoms with Crippen LogP contribution in [-0.4, -0.2) is 6.21 Å². The van der Waals surface area contributed by atoms with Gasteiger partial charge in [-0.1, -0.05) is 36.4 Å². The van der Waals surface area contributed by atoms with Gasteiger partial charge in [0.25, 0.3) is 0 Å². The molecule has 0 aliphatic heterocycles. The van der Waals surface area contributed by atoms with E-state index in [1.165, 1.54) is 0 Å². The molecule has 0 bridgehead atoms. The zero-order valence-electron chi connectivity index (χ0n) is 9.54. The van der Waals surface area contributed by atoms with Gasteiger partial charge in [0.1, 0.15) is 12.1 Å². The van der Waals surface area contributed by atoms with Crippen LogP contribution in [0.2, 0.25) is 0 Å². The predicted octanol–water partition coefficient (Wildman–Crippen LogP) is 3.18. The van der Waals surface area contributed by atoms with E-state index in [2.05, 4.69) is 4.99 Å². The van der Waals surface area contributed by atoms with Crippen LogP contribution in [0.4, 0.5) is 5.69 Å². The second-order valence-corrected chi connectivity index (χ2v) is 3.59. The Hall–Kier alpha value is -2.91. The molecule has 0 radical (unpaired) electrons. The fourth-order valence-electron chi connectivity index (χ4n) is 1.54. The van der Waals surface area contributed by atoms with Gasteiger partial charge in [0.15, 0.2) is 0 Å². The highest BCUT2D eigenvalue weighted by Gasteiger charge is 2.05. The molecule has 0 saturated heterocycles. The summed E-state index contributed by atoms with van der Waals surface area (Å²) in [4.78, 5) is 4.26. The maximum Gasteiger partial charge on any atom is 0.103 e. The first-order chi connectivity index (χ1) is 8.85. The van der Waals surface area contributed by atoms with Crippen molar-refractivity contribution in [2.24, 2.45) is 4.99 Å². The average Bonchev–Trinajstić information content (AvgIpc) is 2.45. The van der Waals surface area contributed by atoms with Gasteiger partial charge < -0.3 is 0 Å². The number of benzene rings is 2. The van der Waals surface area contributed by atoms with Crippen LogP contribution < -0.4 is 0 Å². The lowest BCUT2D eigenvalue weighted by Gasteiger charge is -1.99. The minimum atomic E-state index is 0.312. The third-order valence-electron chi connectivity index (χ3n) is 2.43. The third kappa shape index (κ3) is 2.42. The van der Waals surface area contributed by atoms with Crippen molar-refractivity contribution in [1.29, 1.82) is 10.5 Å². The fraction of sp³-hybridized carbons (Fsp3) is 0. The highest BCUT2D eigenvalue weighted by molar-refractivity contribution is 5.82. The summed E-state index contributed by atoms with van der Waals surface area (Å²) in [7, 11) is 0. The van der Waals surface area contributed by atoms with Crippen molar-refractivity contribution in [3.63, 3.8) is 0 Å². The summed E-state index contributed by atoms with van der Waals surface area (Å²) in [6.45, 7) is 0. The van der Waals surface area contributed by atoms with Crippen molar-refractivity contribution in [3.05, 3.63) is 65.2 Å². The Kier molecular flexibility index (Phi) is 3.49. The van der Waals surface area contributed by atoms with Crippen LogP contribution >= 0.6 is 0 Å². The lowest BCUT2D eigenvalue weighted by Crippen LogP contribution is -1.85. The molecule has 0 amide bonds. The van der Waals surface area contributed by atoms with E-state index in [0.717, 1.165) is 5.56 Å². The van der Waals surface area contributed by atoms with Gasteiger partial charge in [0.05, 0.1) is 16.8 Å². The number of hydrogen-bond acceptors (Lipinski definition) is 3. The third-order valence-corrected chi connectivity index (χ3v) is 2.43. The Labute approximate surface area is 105 Å². The molecule has 0 N–H and O–H groups in total. The van der Waals surface area contributed by atoms with Gasteiger partial charge in [0.2, 0.25) is 0 Å². The lowest BCUT2D eigenvalue weighted by atomic mass is 10.1. The summed E-state index contributed by atoms with van der Waals surface area (Å²) in [5.41, 5.74) is 2.12. The number of hydrogen-bond donors (Lipinski definition) is 0. The van der Waals surface area contributed by atoms with Crippen molar-refractivity contribution >= 4 is 11.9 Å². The van der Waals surface area contributed by atoms with Crippen LogP contribution in [0.5, 0.6) is 0 Å². The zero-order chi connectivity index (χ0) is 12.8. The second-order valence-electron chi connectivity index (χ2n) is 3.59.